The molecule has 3 atom stereocenters. The Morgan fingerprint density at radius 3 is 2.47 bits per heavy atom. The van der Waals surface area contributed by atoms with Gasteiger partial charge in [-0.1, -0.05) is 42.8 Å². The Morgan fingerprint density at radius 1 is 1.32 bits per heavy atom. The Labute approximate surface area is 125 Å². The Morgan fingerprint density at radius 2 is 1.95 bits per heavy atom. The number of hydrogen-bond acceptors (Lipinski definition) is 2. The van der Waals surface area contributed by atoms with Gasteiger partial charge in [0.2, 0.25) is 0 Å². The van der Waals surface area contributed by atoms with Gasteiger partial charge in [0.25, 0.3) is 0 Å². The second-order valence-corrected chi connectivity index (χ2v) is 6.86. The second kappa shape index (κ2) is 6.27. The Kier molecular flexibility index (Phi) is 4.91. The van der Waals surface area contributed by atoms with Gasteiger partial charge < -0.3 is 10.6 Å². The van der Waals surface area contributed by atoms with Crippen LogP contribution in [0.2, 0.25) is 0 Å². The largest absolute Gasteiger partial charge is 0.371 e. The average molecular weight is 325 g/mol. The molecule has 0 bridgehead atoms. The van der Waals surface area contributed by atoms with Gasteiger partial charge in [-0.15, -0.1) is 0 Å². The van der Waals surface area contributed by atoms with Crippen molar-refractivity contribution in [2.75, 3.05) is 18.0 Å². The summed E-state index contributed by atoms with van der Waals surface area (Å²) < 4.78 is 1.20. The topological polar surface area (TPSA) is 29.3 Å². The van der Waals surface area contributed by atoms with Crippen LogP contribution >= 0.6 is 15.9 Å². The molecule has 1 aliphatic heterocycles. The highest BCUT2D eigenvalue weighted by Gasteiger charge is 2.26. The van der Waals surface area contributed by atoms with Crippen LogP contribution in [0.1, 0.15) is 32.8 Å². The van der Waals surface area contributed by atoms with E-state index in [0.29, 0.717) is 0 Å². The van der Waals surface area contributed by atoms with Gasteiger partial charge in [0, 0.05) is 29.3 Å². The van der Waals surface area contributed by atoms with Gasteiger partial charge in [-0.05, 0) is 42.4 Å². The molecule has 1 aromatic rings. The Hall–Kier alpha value is -0.540. The summed E-state index contributed by atoms with van der Waals surface area (Å²) in [7, 11) is 0. The molecule has 1 heterocycles. The molecule has 19 heavy (non-hydrogen) atoms. The molecule has 1 aromatic carbocycles. The fraction of sp³-hybridized carbons (Fsp3) is 0.625. The summed E-state index contributed by atoms with van der Waals surface area (Å²) in [4.78, 5) is 2.49. The molecular formula is C16H25BrN2. The van der Waals surface area contributed by atoms with Gasteiger partial charge in [0.05, 0.1) is 0 Å². The van der Waals surface area contributed by atoms with Crippen molar-refractivity contribution in [3.63, 3.8) is 0 Å². The van der Waals surface area contributed by atoms with E-state index in [9.17, 15) is 0 Å². The minimum atomic E-state index is 0.258. The predicted octanol–water partition coefficient (Wildman–Crippen LogP) is 3.82. The van der Waals surface area contributed by atoms with E-state index in [4.69, 9.17) is 5.73 Å². The zero-order valence-electron chi connectivity index (χ0n) is 12.2. The van der Waals surface area contributed by atoms with E-state index in [1.807, 2.05) is 0 Å². The molecule has 0 spiro atoms. The van der Waals surface area contributed by atoms with Crippen molar-refractivity contribution in [2.45, 2.75) is 39.7 Å². The zero-order valence-corrected chi connectivity index (χ0v) is 13.8. The maximum Gasteiger partial charge on any atom is 0.0377 e. The smallest absolute Gasteiger partial charge is 0.0377 e. The molecule has 1 aliphatic rings. The molecule has 1 saturated heterocycles. The molecule has 2 N–H and O–H groups in total. The Bertz CT molecular complexity index is 423. The van der Waals surface area contributed by atoms with E-state index in [1.165, 1.54) is 28.8 Å². The van der Waals surface area contributed by atoms with E-state index in [1.54, 1.807) is 0 Å². The van der Waals surface area contributed by atoms with Crippen LogP contribution in [-0.4, -0.2) is 19.1 Å². The van der Waals surface area contributed by atoms with E-state index in [-0.39, 0.29) is 6.04 Å². The number of hydrogen-bond donors (Lipinski definition) is 1. The molecule has 0 aromatic heterocycles. The number of nitrogens with zero attached hydrogens (tertiary/aromatic N) is 1. The monoisotopic (exact) mass is 324 g/mol. The first-order valence-corrected chi connectivity index (χ1v) is 8.09. The highest BCUT2D eigenvalue weighted by atomic mass is 79.9. The Balaban J connectivity index is 2.11. The molecule has 0 amide bonds. The van der Waals surface area contributed by atoms with Gasteiger partial charge >= 0.3 is 0 Å². The lowest BCUT2D eigenvalue weighted by Crippen LogP contribution is -2.22. The third kappa shape index (κ3) is 3.51. The summed E-state index contributed by atoms with van der Waals surface area (Å²) in [5.41, 5.74) is 8.69. The number of nitrogens with two attached hydrogens (primary N) is 1. The third-order valence-corrected chi connectivity index (χ3v) is 5.13. The summed E-state index contributed by atoms with van der Waals surface area (Å²) in [6.45, 7) is 9.16. The normalized spacial score (nSPS) is 24.8. The van der Waals surface area contributed by atoms with Crippen molar-refractivity contribution in [1.29, 1.82) is 0 Å². The van der Waals surface area contributed by atoms with E-state index >= 15 is 0 Å². The summed E-state index contributed by atoms with van der Waals surface area (Å²) in [6, 6.07) is 6.98. The summed E-state index contributed by atoms with van der Waals surface area (Å²) in [6.07, 6.45) is 1.97. The van der Waals surface area contributed by atoms with Crippen LogP contribution in [0.5, 0.6) is 0 Å². The van der Waals surface area contributed by atoms with Crippen LogP contribution < -0.4 is 10.6 Å². The molecule has 3 unspecified atom stereocenters. The van der Waals surface area contributed by atoms with Crippen LogP contribution in [0.25, 0.3) is 0 Å². The number of halogens is 1. The first kappa shape index (κ1) is 14.9. The lowest BCUT2D eigenvalue weighted by atomic mass is 10.0. The molecule has 2 rings (SSSR count). The minimum Gasteiger partial charge on any atom is -0.371 e. The number of anilines is 1. The number of rotatable bonds is 4. The van der Waals surface area contributed by atoms with Crippen molar-refractivity contribution in [3.05, 3.63) is 28.2 Å². The molecular weight excluding hydrogens is 300 g/mol. The zero-order chi connectivity index (χ0) is 14.0. The van der Waals surface area contributed by atoms with Crippen LogP contribution in [0.4, 0.5) is 5.69 Å². The van der Waals surface area contributed by atoms with Gasteiger partial charge in [-0.25, -0.2) is 0 Å². The van der Waals surface area contributed by atoms with Gasteiger partial charge in [-0.3, -0.25) is 0 Å². The van der Waals surface area contributed by atoms with Crippen LogP contribution in [-0.2, 0) is 6.42 Å². The standard InChI is InChI=1S/C16H25BrN2/c1-4-14(18)7-13-5-6-15(8-16(13)17)19-9-11(2)12(3)10-19/h5-6,8,11-12,14H,4,7,9-10,18H2,1-3H3. The first-order chi connectivity index (χ1) is 9.01. The van der Waals surface area contributed by atoms with Crippen molar-refractivity contribution < 1.29 is 0 Å². The SMILES string of the molecule is CCC(N)Cc1ccc(N2CC(C)C(C)C2)cc1Br. The fourth-order valence-corrected chi connectivity index (χ4v) is 3.19. The van der Waals surface area contributed by atoms with E-state index < -0.39 is 0 Å². The van der Waals surface area contributed by atoms with Crippen LogP contribution in [0, 0.1) is 11.8 Å². The third-order valence-electron chi connectivity index (χ3n) is 4.40. The van der Waals surface area contributed by atoms with Crippen molar-refractivity contribution in [1.82, 2.24) is 0 Å². The maximum atomic E-state index is 6.04. The highest BCUT2D eigenvalue weighted by molar-refractivity contribution is 9.10. The van der Waals surface area contributed by atoms with Crippen molar-refractivity contribution >= 4 is 21.6 Å². The van der Waals surface area contributed by atoms with Crippen LogP contribution in [0.15, 0.2) is 22.7 Å². The molecule has 0 radical (unpaired) electrons. The van der Waals surface area contributed by atoms with Gasteiger partial charge in [-0.2, -0.15) is 0 Å². The molecule has 106 valence electrons. The fourth-order valence-electron chi connectivity index (χ4n) is 2.67. The molecule has 1 fully saturated rings. The lowest BCUT2D eigenvalue weighted by Gasteiger charge is -2.20. The van der Waals surface area contributed by atoms with Gasteiger partial charge in [0.15, 0.2) is 0 Å². The summed E-state index contributed by atoms with van der Waals surface area (Å²) in [5, 5.41) is 0. The molecule has 2 nitrogen and oxygen atoms in total. The first-order valence-electron chi connectivity index (χ1n) is 7.30. The number of benzene rings is 1. The van der Waals surface area contributed by atoms with Crippen LogP contribution in [0.3, 0.4) is 0 Å². The molecule has 0 saturated carbocycles. The van der Waals surface area contributed by atoms with E-state index in [0.717, 1.165) is 24.7 Å². The highest BCUT2D eigenvalue weighted by Crippen LogP contribution is 2.31. The maximum absolute atomic E-state index is 6.04. The molecule has 3 heteroatoms. The van der Waals surface area contributed by atoms with Gasteiger partial charge in [0.1, 0.15) is 0 Å². The summed E-state index contributed by atoms with van der Waals surface area (Å²) >= 11 is 3.70. The predicted molar refractivity (Wildman–Crippen MR) is 86.7 cm³/mol. The van der Waals surface area contributed by atoms with E-state index in [2.05, 4.69) is 59.8 Å². The summed E-state index contributed by atoms with van der Waals surface area (Å²) in [5.74, 6) is 1.57. The lowest BCUT2D eigenvalue weighted by molar-refractivity contribution is 0.494. The van der Waals surface area contributed by atoms with Crippen molar-refractivity contribution in [3.8, 4) is 0 Å². The molecule has 0 aliphatic carbocycles. The van der Waals surface area contributed by atoms with Crippen molar-refractivity contribution in [2.24, 2.45) is 17.6 Å². The average Bonchev–Trinajstić information content (AvgIpc) is 2.72. The quantitative estimate of drug-likeness (QED) is 0.912. The minimum absolute atomic E-state index is 0.258. The second-order valence-electron chi connectivity index (χ2n) is 6.01.